The summed E-state index contributed by atoms with van der Waals surface area (Å²) in [6, 6.07) is 14.2. The number of rotatable bonds is 4. The predicted octanol–water partition coefficient (Wildman–Crippen LogP) is 3.32. The van der Waals surface area contributed by atoms with E-state index < -0.39 is 11.7 Å². The van der Waals surface area contributed by atoms with Crippen LogP contribution >= 0.6 is 11.6 Å². The first-order valence-electron chi connectivity index (χ1n) is 6.51. The summed E-state index contributed by atoms with van der Waals surface area (Å²) < 4.78 is 0. The maximum absolute atomic E-state index is 11.8. The van der Waals surface area contributed by atoms with Gasteiger partial charge in [0.15, 0.2) is 0 Å². The SMILES string of the molecule is N#Cc1ccc(NC(=O)C(=O)/C=C(\O)c2ccc(Cl)cc2)cc1. The number of carbonyl (C=O) groups excluding carboxylic acids is 2. The second-order valence-electron chi connectivity index (χ2n) is 4.54. The summed E-state index contributed by atoms with van der Waals surface area (Å²) in [7, 11) is 0. The van der Waals surface area contributed by atoms with Crippen LogP contribution in [-0.4, -0.2) is 16.8 Å². The zero-order chi connectivity index (χ0) is 16.8. The molecule has 0 spiro atoms. The molecule has 0 aliphatic rings. The molecule has 0 fully saturated rings. The van der Waals surface area contributed by atoms with Crippen LogP contribution in [0.4, 0.5) is 5.69 Å². The third-order valence-corrected chi connectivity index (χ3v) is 3.16. The summed E-state index contributed by atoms with van der Waals surface area (Å²) >= 11 is 5.73. The van der Waals surface area contributed by atoms with Crippen molar-refractivity contribution in [1.29, 1.82) is 5.26 Å². The van der Waals surface area contributed by atoms with Gasteiger partial charge in [0, 0.05) is 22.3 Å². The van der Waals surface area contributed by atoms with Crippen LogP contribution in [0.2, 0.25) is 5.02 Å². The van der Waals surface area contributed by atoms with Crippen LogP contribution in [0.5, 0.6) is 0 Å². The van der Waals surface area contributed by atoms with Gasteiger partial charge < -0.3 is 10.4 Å². The van der Waals surface area contributed by atoms with Gasteiger partial charge in [0.1, 0.15) is 5.76 Å². The lowest BCUT2D eigenvalue weighted by molar-refractivity contribution is -0.131. The topological polar surface area (TPSA) is 90.2 Å². The second kappa shape index (κ2) is 7.25. The minimum atomic E-state index is -0.901. The molecule has 1 amide bonds. The molecule has 6 heteroatoms. The van der Waals surface area contributed by atoms with Crippen molar-refractivity contribution in [3.05, 3.63) is 70.8 Å². The minimum absolute atomic E-state index is 0.332. The fraction of sp³-hybridized carbons (Fsp3) is 0. The third kappa shape index (κ3) is 4.43. The van der Waals surface area contributed by atoms with E-state index >= 15 is 0 Å². The molecule has 0 aliphatic carbocycles. The molecule has 114 valence electrons. The highest BCUT2D eigenvalue weighted by atomic mass is 35.5. The largest absolute Gasteiger partial charge is 0.507 e. The molecule has 2 rings (SSSR count). The lowest BCUT2D eigenvalue weighted by Crippen LogP contribution is -2.21. The van der Waals surface area contributed by atoms with Crippen LogP contribution in [0.3, 0.4) is 0 Å². The number of aliphatic hydroxyl groups excluding tert-OH is 1. The number of aliphatic hydroxyl groups is 1. The van der Waals surface area contributed by atoms with Crippen molar-refractivity contribution in [3.8, 4) is 6.07 Å². The van der Waals surface area contributed by atoms with Gasteiger partial charge in [-0.1, -0.05) is 11.6 Å². The molecule has 0 bridgehead atoms. The first kappa shape index (κ1) is 16.3. The summed E-state index contributed by atoms with van der Waals surface area (Å²) in [6.45, 7) is 0. The molecule has 0 atom stereocenters. The van der Waals surface area contributed by atoms with Crippen molar-refractivity contribution in [1.82, 2.24) is 0 Å². The fourth-order valence-electron chi connectivity index (χ4n) is 1.71. The second-order valence-corrected chi connectivity index (χ2v) is 4.98. The average Bonchev–Trinajstić information content (AvgIpc) is 2.56. The Hall–Kier alpha value is -3.10. The fourth-order valence-corrected chi connectivity index (χ4v) is 1.84. The zero-order valence-corrected chi connectivity index (χ0v) is 12.5. The van der Waals surface area contributed by atoms with Gasteiger partial charge in [0.05, 0.1) is 11.6 Å². The Morgan fingerprint density at radius 2 is 1.70 bits per heavy atom. The van der Waals surface area contributed by atoms with E-state index in [0.717, 1.165) is 6.08 Å². The van der Waals surface area contributed by atoms with Gasteiger partial charge in [-0.2, -0.15) is 5.26 Å². The number of halogens is 1. The smallest absolute Gasteiger partial charge is 0.296 e. The number of ketones is 1. The van der Waals surface area contributed by atoms with Crippen molar-refractivity contribution in [2.24, 2.45) is 0 Å². The highest BCUT2D eigenvalue weighted by molar-refractivity contribution is 6.45. The van der Waals surface area contributed by atoms with E-state index in [1.165, 1.54) is 36.4 Å². The lowest BCUT2D eigenvalue weighted by atomic mass is 10.1. The van der Waals surface area contributed by atoms with Crippen molar-refractivity contribution >= 4 is 34.7 Å². The Kier molecular flexibility index (Phi) is 5.13. The molecule has 0 unspecified atom stereocenters. The Morgan fingerprint density at radius 1 is 1.09 bits per heavy atom. The number of benzene rings is 2. The number of hydrogen-bond acceptors (Lipinski definition) is 4. The molecule has 2 aromatic rings. The molecule has 0 saturated heterocycles. The molecular formula is C17H11ClN2O3. The number of amides is 1. The van der Waals surface area contributed by atoms with Crippen LogP contribution in [-0.2, 0) is 9.59 Å². The van der Waals surface area contributed by atoms with Crippen molar-refractivity contribution in [2.45, 2.75) is 0 Å². The molecule has 0 aromatic heterocycles. The number of nitriles is 1. The summed E-state index contributed by atoms with van der Waals surface area (Å²) in [6.07, 6.45) is 0.836. The Labute approximate surface area is 137 Å². The number of carbonyl (C=O) groups is 2. The quantitative estimate of drug-likeness (QED) is 0.512. The van der Waals surface area contributed by atoms with Crippen LogP contribution in [0.25, 0.3) is 5.76 Å². The van der Waals surface area contributed by atoms with Gasteiger partial charge in [-0.3, -0.25) is 9.59 Å². The number of anilines is 1. The maximum atomic E-state index is 11.8. The standard InChI is InChI=1S/C17H11ClN2O3/c18-13-5-3-12(4-6-13)15(21)9-16(22)17(23)20-14-7-1-11(10-19)2-8-14/h1-9,21H,(H,20,23)/b15-9-. The maximum Gasteiger partial charge on any atom is 0.296 e. The highest BCUT2D eigenvalue weighted by Crippen LogP contribution is 2.15. The van der Waals surface area contributed by atoms with Crippen molar-refractivity contribution < 1.29 is 14.7 Å². The monoisotopic (exact) mass is 326 g/mol. The lowest BCUT2D eigenvalue weighted by Gasteiger charge is -2.03. The molecule has 2 N–H and O–H groups in total. The predicted molar refractivity (Wildman–Crippen MR) is 86.9 cm³/mol. The molecule has 0 radical (unpaired) electrons. The van der Waals surface area contributed by atoms with E-state index in [0.29, 0.717) is 21.8 Å². The number of nitrogens with one attached hydrogen (secondary N) is 1. The van der Waals surface area contributed by atoms with Crippen molar-refractivity contribution in [3.63, 3.8) is 0 Å². The highest BCUT2D eigenvalue weighted by Gasteiger charge is 2.13. The Bertz CT molecular complexity index is 803. The van der Waals surface area contributed by atoms with E-state index in [2.05, 4.69) is 5.32 Å². The van der Waals surface area contributed by atoms with E-state index in [-0.39, 0.29) is 5.76 Å². The Morgan fingerprint density at radius 3 is 2.26 bits per heavy atom. The van der Waals surface area contributed by atoms with Gasteiger partial charge in [0.2, 0.25) is 5.78 Å². The normalized spacial score (nSPS) is 10.7. The number of nitrogens with zero attached hydrogens (tertiary/aromatic N) is 1. The molecule has 0 aliphatic heterocycles. The van der Waals surface area contributed by atoms with E-state index in [4.69, 9.17) is 16.9 Å². The zero-order valence-electron chi connectivity index (χ0n) is 11.8. The average molecular weight is 327 g/mol. The molecule has 0 saturated carbocycles. The number of hydrogen-bond donors (Lipinski definition) is 2. The van der Waals surface area contributed by atoms with Crippen molar-refractivity contribution in [2.75, 3.05) is 5.32 Å². The van der Waals surface area contributed by atoms with E-state index in [1.54, 1.807) is 12.1 Å². The molecule has 5 nitrogen and oxygen atoms in total. The van der Waals surface area contributed by atoms with Gasteiger partial charge in [-0.15, -0.1) is 0 Å². The summed E-state index contributed by atoms with van der Waals surface area (Å²) in [4.78, 5) is 23.6. The molecule has 23 heavy (non-hydrogen) atoms. The van der Waals surface area contributed by atoms with Gasteiger partial charge in [-0.25, -0.2) is 0 Å². The van der Waals surface area contributed by atoms with Crippen LogP contribution in [0.1, 0.15) is 11.1 Å². The van der Waals surface area contributed by atoms with E-state index in [1.807, 2.05) is 6.07 Å². The Balaban J connectivity index is 2.06. The van der Waals surface area contributed by atoms with Crippen LogP contribution < -0.4 is 5.32 Å². The van der Waals surface area contributed by atoms with Gasteiger partial charge in [0.25, 0.3) is 5.91 Å². The third-order valence-electron chi connectivity index (χ3n) is 2.90. The minimum Gasteiger partial charge on any atom is -0.507 e. The molecule has 0 heterocycles. The molecule has 2 aromatic carbocycles. The first-order valence-corrected chi connectivity index (χ1v) is 6.89. The van der Waals surface area contributed by atoms with Crippen LogP contribution in [0, 0.1) is 11.3 Å². The summed E-state index contributed by atoms with van der Waals surface area (Å²) in [5.41, 5.74) is 1.19. The van der Waals surface area contributed by atoms with Gasteiger partial charge in [-0.05, 0) is 48.5 Å². The van der Waals surface area contributed by atoms with Gasteiger partial charge >= 0.3 is 0 Å². The van der Waals surface area contributed by atoms with E-state index in [9.17, 15) is 14.7 Å². The summed E-state index contributed by atoms with van der Waals surface area (Å²) in [5.74, 6) is -2.13. The van der Waals surface area contributed by atoms with Crippen LogP contribution in [0.15, 0.2) is 54.6 Å². The summed E-state index contributed by atoms with van der Waals surface area (Å²) in [5, 5.41) is 21.4. The molecular weight excluding hydrogens is 316 g/mol. The first-order chi connectivity index (χ1) is 11.0.